The average molecular weight is 204 g/mol. The predicted molar refractivity (Wildman–Crippen MR) is 51.1 cm³/mol. The van der Waals surface area contributed by atoms with Crippen LogP contribution >= 0.6 is 0 Å². The summed E-state index contributed by atoms with van der Waals surface area (Å²) in [6.45, 7) is 0.0420. The average Bonchev–Trinajstić information content (AvgIpc) is 2.29. The molecule has 15 heavy (non-hydrogen) atoms. The Kier molecular flexibility index (Phi) is 3.86. The molecule has 1 aromatic rings. The maximum Gasteiger partial charge on any atom is 0.371 e. The maximum absolute atomic E-state index is 11.0. The number of rotatable bonds is 3. The first-order valence-corrected chi connectivity index (χ1v) is 4.11. The van der Waals surface area contributed by atoms with Crippen molar-refractivity contribution in [1.82, 2.24) is 0 Å². The van der Waals surface area contributed by atoms with Gasteiger partial charge in [0, 0.05) is 0 Å². The van der Waals surface area contributed by atoms with Crippen molar-refractivity contribution in [2.75, 3.05) is 0 Å². The van der Waals surface area contributed by atoms with E-state index in [-0.39, 0.29) is 6.61 Å². The minimum atomic E-state index is -0.941. The molecule has 0 aliphatic carbocycles. The van der Waals surface area contributed by atoms with Crippen LogP contribution in [0, 0.1) is 11.3 Å². The summed E-state index contributed by atoms with van der Waals surface area (Å²) in [6.07, 6.45) is 0. The molecule has 5 heteroatoms. The molecule has 0 bridgehead atoms. The van der Waals surface area contributed by atoms with E-state index in [2.05, 4.69) is 5.16 Å². The van der Waals surface area contributed by atoms with Crippen molar-refractivity contribution in [2.24, 2.45) is 5.16 Å². The second-order valence-electron chi connectivity index (χ2n) is 2.62. The largest absolute Gasteiger partial charge is 0.455 e. The minimum absolute atomic E-state index is 0.0420. The van der Waals surface area contributed by atoms with Crippen LogP contribution in [0.2, 0.25) is 0 Å². The third-order valence-corrected chi connectivity index (χ3v) is 1.61. The van der Waals surface area contributed by atoms with E-state index in [1.165, 1.54) is 6.07 Å². The van der Waals surface area contributed by atoms with Gasteiger partial charge < -0.3 is 9.94 Å². The first-order valence-electron chi connectivity index (χ1n) is 4.11. The molecule has 0 unspecified atom stereocenters. The minimum Gasteiger partial charge on any atom is -0.455 e. The topological polar surface area (TPSA) is 82.7 Å². The monoisotopic (exact) mass is 204 g/mol. The first-order chi connectivity index (χ1) is 7.27. The standard InChI is InChI=1S/C10H8N2O3/c11-6-9(12-14)10(13)15-7-8-4-2-1-3-5-8/h1-5,14H,7H2. The second-order valence-corrected chi connectivity index (χ2v) is 2.62. The number of oxime groups is 1. The predicted octanol–water partition coefficient (Wildman–Crippen LogP) is 1.08. The van der Waals surface area contributed by atoms with Crippen molar-refractivity contribution in [3.63, 3.8) is 0 Å². The highest BCUT2D eigenvalue weighted by Gasteiger charge is 2.12. The van der Waals surface area contributed by atoms with Crippen molar-refractivity contribution in [2.45, 2.75) is 6.61 Å². The molecule has 0 saturated heterocycles. The van der Waals surface area contributed by atoms with E-state index in [4.69, 9.17) is 15.2 Å². The molecule has 1 rings (SSSR count). The zero-order valence-corrected chi connectivity index (χ0v) is 7.75. The molecule has 5 nitrogen and oxygen atoms in total. The number of carbonyl (C=O) groups excluding carboxylic acids is 1. The molecule has 0 aromatic heterocycles. The smallest absolute Gasteiger partial charge is 0.371 e. The molecule has 1 aromatic carbocycles. The van der Waals surface area contributed by atoms with Gasteiger partial charge in [-0.1, -0.05) is 35.5 Å². The lowest BCUT2D eigenvalue weighted by Gasteiger charge is -2.01. The summed E-state index contributed by atoms with van der Waals surface area (Å²) in [4.78, 5) is 11.0. The van der Waals surface area contributed by atoms with Crippen LogP contribution in [-0.2, 0) is 16.1 Å². The fourth-order valence-corrected chi connectivity index (χ4v) is 0.900. The highest BCUT2D eigenvalue weighted by Crippen LogP contribution is 2.00. The van der Waals surface area contributed by atoms with E-state index in [0.29, 0.717) is 0 Å². The number of esters is 1. The summed E-state index contributed by atoms with van der Waals surface area (Å²) in [5, 5.41) is 19.1. The van der Waals surface area contributed by atoms with Gasteiger partial charge in [0.2, 0.25) is 0 Å². The molecule has 0 aliphatic rings. The van der Waals surface area contributed by atoms with Gasteiger partial charge >= 0.3 is 5.97 Å². The van der Waals surface area contributed by atoms with E-state index < -0.39 is 11.7 Å². The van der Waals surface area contributed by atoms with Gasteiger partial charge in [-0.05, 0) is 5.56 Å². The molecular formula is C10H8N2O3. The SMILES string of the molecule is N#CC(=NO)C(=O)OCc1ccccc1. The summed E-state index contributed by atoms with van der Waals surface area (Å²) >= 11 is 0. The Bertz CT molecular complexity index is 406. The summed E-state index contributed by atoms with van der Waals surface area (Å²) in [5.41, 5.74) is 0.131. The number of ether oxygens (including phenoxy) is 1. The zero-order chi connectivity index (χ0) is 11.1. The number of carbonyl (C=O) groups is 1. The number of nitriles is 1. The van der Waals surface area contributed by atoms with Crippen LogP contribution < -0.4 is 0 Å². The number of hydrogen-bond acceptors (Lipinski definition) is 5. The Morgan fingerprint density at radius 2 is 2.13 bits per heavy atom. The molecule has 0 amide bonds. The Balaban J connectivity index is 2.53. The molecule has 0 aliphatic heterocycles. The van der Waals surface area contributed by atoms with Crippen molar-refractivity contribution in [3.8, 4) is 6.07 Å². The molecular weight excluding hydrogens is 196 g/mol. The van der Waals surface area contributed by atoms with Gasteiger partial charge in [0.25, 0.3) is 5.71 Å². The number of benzene rings is 1. The summed E-state index contributed by atoms with van der Waals surface area (Å²) < 4.78 is 4.72. The lowest BCUT2D eigenvalue weighted by Crippen LogP contribution is -2.15. The number of hydrogen-bond donors (Lipinski definition) is 1. The quantitative estimate of drug-likeness (QED) is 0.345. The Labute approximate surface area is 86.2 Å². The molecule has 0 fully saturated rings. The van der Waals surface area contributed by atoms with Gasteiger partial charge in [0.15, 0.2) is 0 Å². The van der Waals surface area contributed by atoms with Crippen LogP contribution in [0.25, 0.3) is 0 Å². The molecule has 0 spiro atoms. The van der Waals surface area contributed by atoms with Crippen molar-refractivity contribution < 1.29 is 14.7 Å². The van der Waals surface area contributed by atoms with Crippen LogP contribution in [0.15, 0.2) is 35.5 Å². The fraction of sp³-hybridized carbons (Fsp3) is 0.100. The van der Waals surface area contributed by atoms with E-state index in [1.807, 2.05) is 6.07 Å². The van der Waals surface area contributed by atoms with Crippen LogP contribution in [0.3, 0.4) is 0 Å². The van der Waals surface area contributed by atoms with Gasteiger partial charge in [-0.3, -0.25) is 0 Å². The first kappa shape index (κ1) is 10.7. The fourth-order valence-electron chi connectivity index (χ4n) is 0.900. The summed E-state index contributed by atoms with van der Waals surface area (Å²) in [6, 6.07) is 10.4. The van der Waals surface area contributed by atoms with Gasteiger partial charge in [0.05, 0.1) is 0 Å². The molecule has 0 atom stereocenters. The molecule has 0 heterocycles. The van der Waals surface area contributed by atoms with Crippen LogP contribution in [0.1, 0.15) is 5.56 Å². The third-order valence-electron chi connectivity index (χ3n) is 1.61. The van der Waals surface area contributed by atoms with E-state index in [9.17, 15) is 4.79 Å². The van der Waals surface area contributed by atoms with Crippen molar-refractivity contribution in [3.05, 3.63) is 35.9 Å². The van der Waals surface area contributed by atoms with Gasteiger partial charge in [0.1, 0.15) is 12.7 Å². The summed E-state index contributed by atoms with van der Waals surface area (Å²) in [7, 11) is 0. The second kappa shape index (κ2) is 5.40. The van der Waals surface area contributed by atoms with Crippen LogP contribution in [0.5, 0.6) is 0 Å². The highest BCUT2D eigenvalue weighted by atomic mass is 16.5. The van der Waals surface area contributed by atoms with Crippen LogP contribution in [-0.4, -0.2) is 16.9 Å². The highest BCUT2D eigenvalue weighted by molar-refractivity contribution is 6.42. The molecule has 0 saturated carbocycles. The Morgan fingerprint density at radius 3 is 2.67 bits per heavy atom. The Hall–Kier alpha value is -2.35. The lowest BCUT2D eigenvalue weighted by molar-refractivity contribution is -0.136. The van der Waals surface area contributed by atoms with Crippen LogP contribution in [0.4, 0.5) is 0 Å². The Morgan fingerprint density at radius 1 is 1.47 bits per heavy atom. The molecule has 0 radical (unpaired) electrons. The zero-order valence-electron chi connectivity index (χ0n) is 7.75. The normalized spacial score (nSPS) is 10.5. The van der Waals surface area contributed by atoms with Gasteiger partial charge in [-0.15, -0.1) is 0 Å². The summed E-state index contributed by atoms with van der Waals surface area (Å²) in [5.74, 6) is -0.941. The maximum atomic E-state index is 11.0. The lowest BCUT2D eigenvalue weighted by atomic mass is 10.2. The van der Waals surface area contributed by atoms with Gasteiger partial charge in [-0.2, -0.15) is 5.26 Å². The molecule has 1 N–H and O–H groups in total. The van der Waals surface area contributed by atoms with Gasteiger partial charge in [-0.25, -0.2) is 4.79 Å². The van der Waals surface area contributed by atoms with Crippen molar-refractivity contribution in [1.29, 1.82) is 5.26 Å². The number of nitrogens with zero attached hydrogens (tertiary/aromatic N) is 2. The van der Waals surface area contributed by atoms with E-state index in [1.54, 1.807) is 24.3 Å². The third kappa shape index (κ3) is 3.12. The van der Waals surface area contributed by atoms with Crippen molar-refractivity contribution >= 4 is 11.7 Å². The van der Waals surface area contributed by atoms with E-state index in [0.717, 1.165) is 5.56 Å². The molecule has 76 valence electrons. The van der Waals surface area contributed by atoms with E-state index >= 15 is 0 Å².